The molecule has 0 bridgehead atoms. The van der Waals surface area contributed by atoms with Gasteiger partial charge in [0.25, 0.3) is 6.43 Å². The van der Waals surface area contributed by atoms with Gasteiger partial charge in [-0.15, -0.1) is 5.10 Å². The van der Waals surface area contributed by atoms with E-state index in [0.29, 0.717) is 29.7 Å². The first-order valence-corrected chi connectivity index (χ1v) is 14.6. The number of nitrogens with zero attached hydrogens (tertiary/aromatic N) is 3. The van der Waals surface area contributed by atoms with E-state index in [1.807, 2.05) is 39.8 Å². The second kappa shape index (κ2) is 10.0. The standard InChI is InChI=1S/C30H38F2N6O4/c1-14-8-17(39)11-21-24(28(42)34-29(2,3)4)30(14,21)35-27(41)19-10-16(13-38-26(25(31)32)36-37-38)33-12-20(19)23-18-9-15(18)6-5-7-22(23)40/h5-7,10,14-15,17,20-21,24-25,37,39-40H,8-9,11-13H2,1-4H3,(H,34,42)(H,35,41)/t14?,15-,17?,20?,21?,24?,30?/m0/s1. The van der Waals surface area contributed by atoms with Crippen LogP contribution in [0.1, 0.15) is 59.2 Å². The number of carbonyl (C=O) groups excluding carboxylic acids is 2. The number of allylic oxidation sites excluding steroid dienone is 6. The van der Waals surface area contributed by atoms with Crippen LogP contribution in [-0.4, -0.2) is 66.5 Å². The molecule has 226 valence electrons. The number of hydrogen-bond donors (Lipinski definition) is 5. The van der Waals surface area contributed by atoms with Crippen LogP contribution in [0.4, 0.5) is 8.78 Å². The lowest BCUT2D eigenvalue weighted by atomic mass is 9.81. The fourth-order valence-corrected chi connectivity index (χ4v) is 7.32. The second-order valence-corrected chi connectivity index (χ2v) is 13.4. The van der Waals surface area contributed by atoms with Crippen LogP contribution in [0.2, 0.25) is 0 Å². The van der Waals surface area contributed by atoms with Crippen molar-refractivity contribution in [3.8, 4) is 0 Å². The van der Waals surface area contributed by atoms with Crippen molar-refractivity contribution >= 4 is 17.5 Å². The molecular formula is C30H38F2N6O4. The summed E-state index contributed by atoms with van der Waals surface area (Å²) < 4.78 is 27.7. The molecule has 5 N–H and O–H groups in total. The molecule has 12 heteroatoms. The summed E-state index contributed by atoms with van der Waals surface area (Å²) in [6.45, 7) is 7.79. The van der Waals surface area contributed by atoms with Crippen LogP contribution in [0.15, 0.2) is 51.8 Å². The number of hydrogen-bond acceptors (Lipinski definition) is 6. The van der Waals surface area contributed by atoms with Crippen molar-refractivity contribution in [1.82, 2.24) is 25.6 Å². The summed E-state index contributed by atoms with van der Waals surface area (Å²) in [4.78, 5) is 32.3. The number of aromatic amines is 1. The summed E-state index contributed by atoms with van der Waals surface area (Å²) in [6, 6.07) is 0. The van der Waals surface area contributed by atoms with E-state index < -0.39 is 41.3 Å². The highest BCUT2D eigenvalue weighted by Crippen LogP contribution is 2.62. The third-order valence-corrected chi connectivity index (χ3v) is 9.31. The number of H-pyrrole nitrogens is 1. The maximum atomic E-state index is 14.3. The number of carbonyl (C=O) groups is 2. The number of aliphatic imine (C=N–C) groups is 1. The maximum absolute atomic E-state index is 14.3. The van der Waals surface area contributed by atoms with Crippen LogP contribution in [0.3, 0.4) is 0 Å². The Balaban J connectivity index is 1.33. The average Bonchev–Trinajstić information content (AvgIpc) is 3.76. The van der Waals surface area contributed by atoms with Gasteiger partial charge in [-0.25, -0.2) is 18.7 Å². The molecule has 7 atom stereocenters. The van der Waals surface area contributed by atoms with Gasteiger partial charge < -0.3 is 20.8 Å². The molecule has 42 heavy (non-hydrogen) atoms. The summed E-state index contributed by atoms with van der Waals surface area (Å²) >= 11 is 0. The number of amides is 2. The predicted molar refractivity (Wildman–Crippen MR) is 151 cm³/mol. The molecule has 0 radical (unpaired) electrons. The molecule has 2 heterocycles. The molecule has 0 saturated heterocycles. The third kappa shape index (κ3) is 4.93. The molecule has 1 aromatic heterocycles. The Labute approximate surface area is 242 Å². The minimum Gasteiger partial charge on any atom is -0.508 e. The van der Waals surface area contributed by atoms with Crippen molar-refractivity contribution in [1.29, 1.82) is 0 Å². The zero-order valence-electron chi connectivity index (χ0n) is 24.2. The smallest absolute Gasteiger partial charge is 0.298 e. The lowest BCUT2D eigenvalue weighted by molar-refractivity contribution is -0.125. The van der Waals surface area contributed by atoms with E-state index in [4.69, 9.17) is 0 Å². The van der Waals surface area contributed by atoms with Gasteiger partial charge in [-0.2, -0.15) is 0 Å². The predicted octanol–water partition coefficient (Wildman–Crippen LogP) is 3.28. The van der Waals surface area contributed by atoms with Crippen LogP contribution in [-0.2, 0) is 16.1 Å². The van der Waals surface area contributed by atoms with E-state index in [2.05, 4.69) is 25.9 Å². The molecule has 0 aromatic carbocycles. The van der Waals surface area contributed by atoms with Gasteiger partial charge in [-0.05, 0) is 64.0 Å². The fraction of sp³-hybridized carbons (Fsp3) is 0.600. The Hall–Kier alpha value is -3.54. The maximum Gasteiger partial charge on any atom is 0.298 e. The van der Waals surface area contributed by atoms with Gasteiger partial charge in [-0.1, -0.05) is 24.6 Å². The number of alkyl halides is 2. The number of dihydropyridines is 1. The van der Waals surface area contributed by atoms with Gasteiger partial charge in [0.05, 0.1) is 36.4 Å². The van der Waals surface area contributed by atoms with Gasteiger partial charge in [0.2, 0.25) is 17.6 Å². The largest absolute Gasteiger partial charge is 0.508 e. The summed E-state index contributed by atoms with van der Waals surface area (Å²) in [5.41, 5.74) is 1.21. The summed E-state index contributed by atoms with van der Waals surface area (Å²) in [7, 11) is 0. The first-order chi connectivity index (χ1) is 19.8. The average molecular weight is 585 g/mol. The van der Waals surface area contributed by atoms with Crippen molar-refractivity contribution in [2.75, 3.05) is 6.54 Å². The van der Waals surface area contributed by atoms with Gasteiger partial charge in [0.1, 0.15) is 5.76 Å². The Bertz CT molecular complexity index is 1460. The summed E-state index contributed by atoms with van der Waals surface area (Å²) in [6.07, 6.45) is 5.39. The second-order valence-electron chi connectivity index (χ2n) is 13.4. The number of halogens is 2. The van der Waals surface area contributed by atoms with Crippen LogP contribution in [0.5, 0.6) is 0 Å². The topological polar surface area (TPSA) is 145 Å². The minimum absolute atomic E-state index is 0.0163. The van der Waals surface area contributed by atoms with E-state index in [1.165, 1.54) is 4.68 Å². The lowest BCUT2D eigenvalue weighted by Gasteiger charge is -2.35. The zero-order valence-corrected chi connectivity index (χ0v) is 24.2. The summed E-state index contributed by atoms with van der Waals surface area (Å²) in [5, 5.41) is 33.8. The van der Waals surface area contributed by atoms with Gasteiger partial charge in [-0.3, -0.25) is 14.6 Å². The monoisotopic (exact) mass is 584 g/mol. The number of nitrogens with one attached hydrogen (secondary N) is 3. The number of aliphatic hydroxyl groups is 2. The van der Waals surface area contributed by atoms with E-state index in [1.54, 1.807) is 12.2 Å². The normalized spacial score (nSPS) is 33.7. The molecule has 10 nitrogen and oxygen atoms in total. The van der Waals surface area contributed by atoms with Crippen LogP contribution >= 0.6 is 0 Å². The van der Waals surface area contributed by atoms with Crippen molar-refractivity contribution in [2.24, 2.45) is 34.6 Å². The van der Waals surface area contributed by atoms with Crippen molar-refractivity contribution in [2.45, 2.75) is 77.1 Å². The minimum atomic E-state index is -2.75. The van der Waals surface area contributed by atoms with Crippen LogP contribution in [0.25, 0.3) is 0 Å². The molecule has 5 aliphatic rings. The molecule has 6 rings (SSSR count). The first-order valence-electron chi connectivity index (χ1n) is 14.6. The molecular weight excluding hydrogens is 546 g/mol. The number of rotatable bonds is 7. The van der Waals surface area contributed by atoms with Crippen LogP contribution in [0, 0.1) is 29.6 Å². The molecule has 1 aromatic rings. The quantitative estimate of drug-likeness (QED) is 0.334. The Morgan fingerprint density at radius 2 is 2.05 bits per heavy atom. The highest BCUT2D eigenvalue weighted by molar-refractivity contribution is 6.06. The molecule has 3 saturated carbocycles. The molecule has 0 spiro atoms. The number of aliphatic hydroxyl groups excluding tert-OH is 2. The molecule has 1 aliphatic heterocycles. The van der Waals surface area contributed by atoms with Gasteiger partial charge in [0, 0.05) is 28.5 Å². The van der Waals surface area contributed by atoms with E-state index >= 15 is 0 Å². The molecule has 4 aliphatic carbocycles. The Morgan fingerprint density at radius 1 is 1.29 bits per heavy atom. The molecule has 6 unspecified atom stereocenters. The highest BCUT2D eigenvalue weighted by Gasteiger charge is 2.73. The third-order valence-electron chi connectivity index (χ3n) is 9.31. The summed E-state index contributed by atoms with van der Waals surface area (Å²) in [5.74, 6) is -2.10. The Kier molecular flexibility index (Phi) is 6.82. The van der Waals surface area contributed by atoms with Crippen LogP contribution < -0.4 is 10.6 Å². The van der Waals surface area contributed by atoms with Crippen molar-refractivity contribution in [3.63, 3.8) is 0 Å². The van der Waals surface area contributed by atoms with E-state index in [9.17, 15) is 28.6 Å². The van der Waals surface area contributed by atoms with E-state index in [0.717, 1.165) is 12.0 Å². The van der Waals surface area contributed by atoms with Crippen molar-refractivity contribution < 1.29 is 28.6 Å². The van der Waals surface area contributed by atoms with Gasteiger partial charge >= 0.3 is 0 Å². The Morgan fingerprint density at radius 3 is 2.71 bits per heavy atom. The van der Waals surface area contributed by atoms with E-state index in [-0.39, 0.29) is 48.4 Å². The number of aromatic nitrogens is 3. The molecule has 2 amide bonds. The lowest BCUT2D eigenvalue weighted by Crippen LogP contribution is -2.51. The first kappa shape index (κ1) is 28.6. The molecule has 3 fully saturated rings. The number of fused-ring (bicyclic) bond motifs is 2. The fourth-order valence-electron chi connectivity index (χ4n) is 7.32. The van der Waals surface area contributed by atoms with Gasteiger partial charge in [0.15, 0.2) is 0 Å². The zero-order chi connectivity index (χ0) is 30.1. The SMILES string of the molecule is CC1CC(O)CC2C(C(=O)NC(C)(C)C)C12NC(=O)C1=CC(Cn2[nH]nc2C(F)F)=NCC1C1=C2C[C@@H]2C=CC=C1O. The highest BCUT2D eigenvalue weighted by atomic mass is 19.3. The van der Waals surface area contributed by atoms with Crippen molar-refractivity contribution in [3.05, 3.63) is 52.6 Å².